The van der Waals surface area contributed by atoms with Gasteiger partial charge in [-0.05, 0) is 30.7 Å². The summed E-state index contributed by atoms with van der Waals surface area (Å²) in [5, 5.41) is 12.9. The highest BCUT2D eigenvalue weighted by molar-refractivity contribution is 5.82. The molecule has 1 amide bonds. The monoisotopic (exact) mass is 293 g/mol. The van der Waals surface area contributed by atoms with Gasteiger partial charge in [-0.2, -0.15) is 0 Å². The average Bonchev–Trinajstić information content (AvgIpc) is 2.47. The molecule has 2 atom stereocenters. The molecular formula is C15H23N3O3. The van der Waals surface area contributed by atoms with Crippen molar-refractivity contribution in [1.82, 2.24) is 10.2 Å². The van der Waals surface area contributed by atoms with Gasteiger partial charge in [-0.1, -0.05) is 6.92 Å². The lowest BCUT2D eigenvalue weighted by atomic mass is 10.1. The van der Waals surface area contributed by atoms with Gasteiger partial charge in [0, 0.05) is 25.3 Å². The number of β-amino-alcohol motifs (C(OH)–C–C–N with tert-alkyl or cyclic N) is 1. The van der Waals surface area contributed by atoms with E-state index in [9.17, 15) is 9.90 Å². The quantitative estimate of drug-likeness (QED) is 0.653. The molecule has 21 heavy (non-hydrogen) atoms. The lowest BCUT2D eigenvalue weighted by Crippen LogP contribution is -2.56. The molecule has 0 bridgehead atoms. The van der Waals surface area contributed by atoms with Crippen LogP contribution in [0.1, 0.15) is 13.3 Å². The molecule has 0 aliphatic carbocycles. The minimum Gasteiger partial charge on any atom is -0.491 e. The number of hydrogen-bond donors (Lipinski definition) is 3. The van der Waals surface area contributed by atoms with E-state index in [0.29, 0.717) is 24.5 Å². The molecule has 0 spiro atoms. The summed E-state index contributed by atoms with van der Waals surface area (Å²) in [6.45, 7) is 3.98. The zero-order valence-electron chi connectivity index (χ0n) is 12.3. The number of carbonyl (C=O) groups is 1. The number of nitrogens with zero attached hydrogens (tertiary/aromatic N) is 1. The van der Waals surface area contributed by atoms with E-state index in [1.165, 1.54) is 0 Å². The van der Waals surface area contributed by atoms with E-state index in [1.54, 1.807) is 24.3 Å². The van der Waals surface area contributed by atoms with E-state index in [2.05, 4.69) is 5.32 Å². The fourth-order valence-corrected chi connectivity index (χ4v) is 2.50. The molecule has 2 unspecified atom stereocenters. The highest BCUT2D eigenvalue weighted by Crippen LogP contribution is 2.14. The second kappa shape index (κ2) is 7.28. The fraction of sp³-hybridized carbons (Fsp3) is 0.533. The van der Waals surface area contributed by atoms with Crippen molar-refractivity contribution in [2.24, 2.45) is 0 Å². The molecule has 1 aromatic carbocycles. The fourth-order valence-electron chi connectivity index (χ4n) is 2.50. The maximum atomic E-state index is 11.8. The highest BCUT2D eigenvalue weighted by Gasteiger charge is 2.29. The van der Waals surface area contributed by atoms with Crippen LogP contribution in [-0.4, -0.2) is 54.3 Å². The van der Waals surface area contributed by atoms with E-state index >= 15 is 0 Å². The highest BCUT2D eigenvalue weighted by atomic mass is 16.5. The largest absolute Gasteiger partial charge is 0.491 e. The molecule has 6 nitrogen and oxygen atoms in total. The maximum absolute atomic E-state index is 11.8. The smallest absolute Gasteiger partial charge is 0.237 e. The predicted octanol–water partition coefficient (Wildman–Crippen LogP) is 0.219. The van der Waals surface area contributed by atoms with Gasteiger partial charge in [0.05, 0.1) is 6.04 Å². The van der Waals surface area contributed by atoms with Gasteiger partial charge in [-0.3, -0.25) is 9.69 Å². The van der Waals surface area contributed by atoms with Gasteiger partial charge in [0.25, 0.3) is 0 Å². The van der Waals surface area contributed by atoms with Crippen molar-refractivity contribution in [1.29, 1.82) is 0 Å². The number of rotatable bonds is 6. The molecule has 6 heteroatoms. The van der Waals surface area contributed by atoms with Gasteiger partial charge in [0.15, 0.2) is 0 Å². The molecule has 1 aliphatic rings. The third kappa shape index (κ3) is 4.34. The number of hydrogen-bond acceptors (Lipinski definition) is 5. The number of carbonyl (C=O) groups excluding carboxylic acids is 1. The third-order valence-corrected chi connectivity index (χ3v) is 3.60. The Bertz CT molecular complexity index is 464. The molecule has 1 saturated heterocycles. The first kappa shape index (κ1) is 15.6. The first-order valence-electron chi connectivity index (χ1n) is 7.28. The maximum Gasteiger partial charge on any atom is 0.237 e. The minimum absolute atomic E-state index is 0.0374. The van der Waals surface area contributed by atoms with E-state index in [1.807, 2.05) is 11.8 Å². The van der Waals surface area contributed by atoms with Crippen LogP contribution in [0.4, 0.5) is 5.69 Å². The van der Waals surface area contributed by atoms with E-state index in [-0.39, 0.29) is 18.6 Å². The zero-order chi connectivity index (χ0) is 15.2. The van der Waals surface area contributed by atoms with Crippen LogP contribution in [-0.2, 0) is 4.79 Å². The van der Waals surface area contributed by atoms with Crippen LogP contribution in [0.3, 0.4) is 0 Å². The normalized spacial score (nSPS) is 20.9. The van der Waals surface area contributed by atoms with Crippen molar-refractivity contribution in [3.8, 4) is 5.75 Å². The van der Waals surface area contributed by atoms with Crippen LogP contribution in [0.15, 0.2) is 24.3 Å². The lowest BCUT2D eigenvalue weighted by Gasteiger charge is -2.35. The Hall–Kier alpha value is -1.79. The van der Waals surface area contributed by atoms with Crippen molar-refractivity contribution in [3.05, 3.63) is 24.3 Å². The lowest BCUT2D eigenvalue weighted by molar-refractivity contribution is -0.129. The number of nitrogens with one attached hydrogen (secondary N) is 1. The van der Waals surface area contributed by atoms with Crippen molar-refractivity contribution in [3.63, 3.8) is 0 Å². The van der Waals surface area contributed by atoms with Crippen LogP contribution in [0.5, 0.6) is 5.75 Å². The number of benzene rings is 1. The Kier molecular flexibility index (Phi) is 5.41. The number of amides is 1. The van der Waals surface area contributed by atoms with E-state index < -0.39 is 6.10 Å². The number of piperazine rings is 1. The van der Waals surface area contributed by atoms with Crippen molar-refractivity contribution in [2.75, 3.05) is 32.0 Å². The molecule has 2 rings (SSSR count). The van der Waals surface area contributed by atoms with Gasteiger partial charge in [-0.25, -0.2) is 0 Å². The molecule has 116 valence electrons. The van der Waals surface area contributed by atoms with Crippen LogP contribution in [0.25, 0.3) is 0 Å². The topological polar surface area (TPSA) is 87.8 Å². The summed E-state index contributed by atoms with van der Waals surface area (Å²) in [5.41, 5.74) is 6.27. The predicted molar refractivity (Wildman–Crippen MR) is 81.0 cm³/mol. The Morgan fingerprint density at radius 1 is 1.48 bits per heavy atom. The molecule has 4 N–H and O–H groups in total. The SMILES string of the molecule is CCC1C(=O)NCCN1CC(O)COc1ccc(N)cc1. The Morgan fingerprint density at radius 2 is 2.19 bits per heavy atom. The van der Waals surface area contributed by atoms with Crippen molar-refractivity contribution in [2.45, 2.75) is 25.5 Å². The van der Waals surface area contributed by atoms with Gasteiger partial charge < -0.3 is 20.9 Å². The third-order valence-electron chi connectivity index (χ3n) is 3.60. The van der Waals surface area contributed by atoms with Crippen LogP contribution >= 0.6 is 0 Å². The number of ether oxygens (including phenoxy) is 1. The summed E-state index contributed by atoms with van der Waals surface area (Å²) < 4.78 is 5.53. The van der Waals surface area contributed by atoms with Crippen LogP contribution in [0, 0.1) is 0 Å². The molecule has 1 fully saturated rings. The summed E-state index contributed by atoms with van der Waals surface area (Å²) >= 11 is 0. The second-order valence-electron chi connectivity index (χ2n) is 5.24. The first-order valence-corrected chi connectivity index (χ1v) is 7.28. The van der Waals surface area contributed by atoms with E-state index in [4.69, 9.17) is 10.5 Å². The number of aliphatic hydroxyl groups excluding tert-OH is 1. The van der Waals surface area contributed by atoms with E-state index in [0.717, 1.165) is 13.0 Å². The minimum atomic E-state index is -0.637. The zero-order valence-corrected chi connectivity index (χ0v) is 12.3. The summed E-state index contributed by atoms with van der Waals surface area (Å²) in [7, 11) is 0. The van der Waals surface area contributed by atoms with Gasteiger partial charge in [0.2, 0.25) is 5.91 Å². The summed E-state index contributed by atoms with van der Waals surface area (Å²) in [6.07, 6.45) is 0.0969. The number of nitrogen functional groups attached to an aromatic ring is 1. The average molecular weight is 293 g/mol. The van der Waals surface area contributed by atoms with Crippen LogP contribution in [0.2, 0.25) is 0 Å². The molecule has 1 aliphatic heterocycles. The Balaban J connectivity index is 1.81. The van der Waals surface area contributed by atoms with Crippen molar-refractivity contribution < 1.29 is 14.6 Å². The molecule has 0 saturated carbocycles. The molecule has 0 aromatic heterocycles. The van der Waals surface area contributed by atoms with Crippen LogP contribution < -0.4 is 15.8 Å². The number of aliphatic hydroxyl groups is 1. The second-order valence-corrected chi connectivity index (χ2v) is 5.24. The summed E-state index contributed by atoms with van der Waals surface area (Å²) in [6, 6.07) is 6.88. The van der Waals surface area contributed by atoms with Gasteiger partial charge in [0.1, 0.15) is 18.5 Å². The van der Waals surface area contributed by atoms with Crippen molar-refractivity contribution >= 4 is 11.6 Å². The Labute approximate surface area is 124 Å². The molecule has 1 heterocycles. The molecular weight excluding hydrogens is 270 g/mol. The van der Waals surface area contributed by atoms with Gasteiger partial charge in [-0.15, -0.1) is 0 Å². The molecule has 0 radical (unpaired) electrons. The Morgan fingerprint density at radius 3 is 2.86 bits per heavy atom. The molecule has 1 aromatic rings. The summed E-state index contributed by atoms with van der Waals surface area (Å²) in [4.78, 5) is 13.8. The summed E-state index contributed by atoms with van der Waals surface area (Å²) in [5.74, 6) is 0.710. The number of anilines is 1. The first-order chi connectivity index (χ1) is 10.1. The van der Waals surface area contributed by atoms with Gasteiger partial charge >= 0.3 is 0 Å². The standard InChI is InChI=1S/C15H23N3O3/c1-2-14-15(20)17-7-8-18(14)9-12(19)10-21-13-5-3-11(16)4-6-13/h3-6,12,14,19H,2,7-10,16H2,1H3,(H,17,20). The number of nitrogens with two attached hydrogens (primary N) is 1.